The van der Waals surface area contributed by atoms with Crippen molar-refractivity contribution in [2.24, 2.45) is 0 Å². The average Bonchev–Trinajstić information content (AvgIpc) is 2.74. The van der Waals surface area contributed by atoms with Crippen LogP contribution < -0.4 is 10.9 Å². The van der Waals surface area contributed by atoms with E-state index in [-0.39, 0.29) is 17.0 Å². The lowest BCUT2D eigenvalue weighted by molar-refractivity contribution is -0.116. The van der Waals surface area contributed by atoms with Gasteiger partial charge in [0.1, 0.15) is 11.4 Å². The van der Waals surface area contributed by atoms with Crippen molar-refractivity contribution in [2.45, 2.75) is 13.5 Å². The molecule has 0 aliphatic carbocycles. The Labute approximate surface area is 132 Å². The van der Waals surface area contributed by atoms with Gasteiger partial charge in [-0.05, 0) is 40.5 Å². The summed E-state index contributed by atoms with van der Waals surface area (Å²) < 4.78 is 1.95. The molecule has 2 aromatic heterocycles. The molecule has 0 radical (unpaired) electrons. The zero-order valence-corrected chi connectivity index (χ0v) is 13.3. The summed E-state index contributed by atoms with van der Waals surface area (Å²) in [6.45, 7) is 1.52. The zero-order chi connectivity index (χ0) is 15.6. The normalized spacial score (nSPS) is 10.4. The van der Waals surface area contributed by atoms with Crippen molar-refractivity contribution < 1.29 is 14.7 Å². The number of carboxylic acid groups (broad SMARTS) is 1. The molecule has 0 aromatic carbocycles. The molecule has 0 bridgehead atoms. The van der Waals surface area contributed by atoms with Crippen molar-refractivity contribution in [2.75, 3.05) is 5.32 Å². The summed E-state index contributed by atoms with van der Waals surface area (Å²) in [6.07, 6.45) is 1.52. The number of thiophene rings is 1. The third kappa shape index (κ3) is 3.79. The van der Waals surface area contributed by atoms with Crippen LogP contribution in [0.5, 0.6) is 0 Å². The Morgan fingerprint density at radius 3 is 2.76 bits per heavy atom. The van der Waals surface area contributed by atoms with E-state index in [9.17, 15) is 14.4 Å². The van der Waals surface area contributed by atoms with E-state index < -0.39 is 11.9 Å². The molecule has 2 rings (SSSR count). The molecule has 0 unspecified atom stereocenters. The van der Waals surface area contributed by atoms with Crippen molar-refractivity contribution in [3.8, 4) is 0 Å². The van der Waals surface area contributed by atoms with Gasteiger partial charge in [0.2, 0.25) is 5.91 Å². The molecule has 0 aliphatic heterocycles. The molecule has 2 aromatic rings. The average molecular weight is 371 g/mol. The van der Waals surface area contributed by atoms with Gasteiger partial charge in [-0.15, -0.1) is 11.3 Å². The van der Waals surface area contributed by atoms with Gasteiger partial charge in [-0.25, -0.2) is 4.79 Å². The summed E-state index contributed by atoms with van der Waals surface area (Å²) in [5.41, 5.74) is 0.296. The number of hydrogen-bond acceptors (Lipinski definition) is 4. The molecule has 2 N–H and O–H groups in total. The highest BCUT2D eigenvalue weighted by molar-refractivity contribution is 9.10. The van der Waals surface area contributed by atoms with Gasteiger partial charge >= 0.3 is 5.97 Å². The van der Waals surface area contributed by atoms with Gasteiger partial charge < -0.3 is 15.0 Å². The lowest BCUT2D eigenvalue weighted by Crippen LogP contribution is -2.26. The number of aryl methyl sites for hydroxylation is 1. The van der Waals surface area contributed by atoms with Gasteiger partial charge in [-0.1, -0.05) is 0 Å². The van der Waals surface area contributed by atoms with Crippen molar-refractivity contribution >= 4 is 44.1 Å². The van der Waals surface area contributed by atoms with Crippen LogP contribution >= 0.6 is 27.3 Å². The fourth-order valence-corrected chi connectivity index (χ4v) is 3.02. The summed E-state index contributed by atoms with van der Waals surface area (Å²) in [7, 11) is 0. The van der Waals surface area contributed by atoms with E-state index in [1.807, 2.05) is 0 Å². The van der Waals surface area contributed by atoms with E-state index in [0.29, 0.717) is 15.0 Å². The summed E-state index contributed by atoms with van der Waals surface area (Å²) in [4.78, 5) is 34.6. The summed E-state index contributed by atoms with van der Waals surface area (Å²) >= 11 is 4.21. The van der Waals surface area contributed by atoms with Crippen LogP contribution in [-0.4, -0.2) is 21.6 Å². The zero-order valence-electron chi connectivity index (χ0n) is 10.9. The van der Waals surface area contributed by atoms with Crippen LogP contribution in [0.2, 0.25) is 0 Å². The molecule has 0 saturated heterocycles. The van der Waals surface area contributed by atoms with Gasteiger partial charge in [-0.3, -0.25) is 9.59 Å². The quantitative estimate of drug-likeness (QED) is 0.864. The van der Waals surface area contributed by atoms with E-state index in [1.165, 1.54) is 16.8 Å². The molecule has 1 amide bonds. The van der Waals surface area contributed by atoms with Crippen LogP contribution in [-0.2, 0) is 11.3 Å². The number of amides is 1. The second-order valence-electron chi connectivity index (χ2n) is 4.29. The number of anilines is 1. The second-order valence-corrected chi connectivity index (χ2v) is 6.26. The Kier molecular flexibility index (Phi) is 4.59. The van der Waals surface area contributed by atoms with Gasteiger partial charge in [0.25, 0.3) is 5.56 Å². The van der Waals surface area contributed by atoms with Crippen LogP contribution in [0.1, 0.15) is 15.2 Å². The number of aromatic carboxylic acids is 1. The molecule has 0 saturated carbocycles. The fourth-order valence-electron chi connectivity index (χ4n) is 1.71. The number of aromatic nitrogens is 1. The van der Waals surface area contributed by atoms with Crippen molar-refractivity contribution in [3.63, 3.8) is 0 Å². The van der Waals surface area contributed by atoms with Crippen LogP contribution in [0.25, 0.3) is 0 Å². The predicted molar refractivity (Wildman–Crippen MR) is 83.0 cm³/mol. The van der Waals surface area contributed by atoms with E-state index in [0.717, 1.165) is 11.3 Å². The number of carbonyl (C=O) groups excluding carboxylic acids is 1. The first-order chi connectivity index (χ1) is 9.86. The number of carboxylic acids is 1. The van der Waals surface area contributed by atoms with Crippen LogP contribution in [0.4, 0.5) is 5.00 Å². The third-order valence-corrected chi connectivity index (χ3v) is 4.25. The van der Waals surface area contributed by atoms with E-state index in [1.54, 1.807) is 19.1 Å². The molecule has 0 aliphatic rings. The minimum Gasteiger partial charge on any atom is -0.477 e. The molecular formula is C13H11BrN2O4S. The van der Waals surface area contributed by atoms with Crippen LogP contribution in [0, 0.1) is 6.92 Å². The summed E-state index contributed by atoms with van der Waals surface area (Å²) in [6, 6.07) is 4.55. The van der Waals surface area contributed by atoms with Crippen molar-refractivity contribution in [1.82, 2.24) is 4.57 Å². The molecule has 2 heterocycles. The molecule has 110 valence electrons. The number of carbonyl (C=O) groups is 2. The maximum atomic E-state index is 11.9. The number of halogens is 1. The van der Waals surface area contributed by atoms with Crippen molar-refractivity contribution in [1.29, 1.82) is 0 Å². The van der Waals surface area contributed by atoms with Gasteiger partial charge in [0, 0.05) is 16.7 Å². The molecule has 6 nitrogen and oxygen atoms in total. The molecule has 0 fully saturated rings. The number of nitrogens with zero attached hydrogens (tertiary/aromatic N) is 1. The lowest BCUT2D eigenvalue weighted by atomic mass is 10.3. The van der Waals surface area contributed by atoms with Crippen LogP contribution in [0.3, 0.4) is 0 Å². The Balaban J connectivity index is 2.12. The van der Waals surface area contributed by atoms with Crippen molar-refractivity contribution in [3.05, 3.63) is 49.7 Å². The van der Waals surface area contributed by atoms with E-state index in [2.05, 4.69) is 21.2 Å². The molecule has 0 atom stereocenters. The first-order valence-electron chi connectivity index (χ1n) is 5.86. The maximum Gasteiger partial charge on any atom is 0.346 e. The molecule has 0 spiro atoms. The third-order valence-electron chi connectivity index (χ3n) is 2.64. The Morgan fingerprint density at radius 1 is 1.43 bits per heavy atom. The number of nitrogens with one attached hydrogen (secondary N) is 1. The number of rotatable bonds is 4. The van der Waals surface area contributed by atoms with Gasteiger partial charge in [-0.2, -0.15) is 0 Å². The largest absolute Gasteiger partial charge is 0.477 e. The minimum absolute atomic E-state index is 0.141. The van der Waals surface area contributed by atoms with E-state index in [4.69, 9.17) is 5.11 Å². The second kappa shape index (κ2) is 6.23. The Morgan fingerprint density at radius 2 is 2.14 bits per heavy atom. The lowest BCUT2D eigenvalue weighted by Gasteiger charge is -2.05. The highest BCUT2D eigenvalue weighted by Gasteiger charge is 2.14. The Hall–Kier alpha value is -1.93. The van der Waals surface area contributed by atoms with Gasteiger partial charge in [0.15, 0.2) is 0 Å². The first kappa shape index (κ1) is 15.5. The molecule has 21 heavy (non-hydrogen) atoms. The predicted octanol–water partition coefficient (Wildman–Crippen LogP) is 2.32. The highest BCUT2D eigenvalue weighted by Crippen LogP contribution is 2.26. The number of hydrogen-bond donors (Lipinski definition) is 2. The fraction of sp³-hybridized carbons (Fsp3) is 0.154. The number of pyridine rings is 1. The summed E-state index contributed by atoms with van der Waals surface area (Å²) in [5, 5.41) is 12.0. The first-order valence-corrected chi connectivity index (χ1v) is 7.47. The minimum atomic E-state index is -1.03. The molecule has 8 heteroatoms. The van der Waals surface area contributed by atoms with E-state index >= 15 is 0 Å². The molecular weight excluding hydrogens is 360 g/mol. The van der Waals surface area contributed by atoms with Gasteiger partial charge in [0.05, 0.1) is 5.00 Å². The maximum absolute atomic E-state index is 11.9. The SMILES string of the molecule is Cc1cc(NC(=O)Cn2cc(Br)ccc2=O)sc1C(=O)O. The summed E-state index contributed by atoms with van der Waals surface area (Å²) in [5.74, 6) is -1.42. The topological polar surface area (TPSA) is 88.4 Å². The standard InChI is InChI=1S/C13H11BrN2O4S/c1-7-4-10(21-12(7)13(19)20)15-9(17)6-16-5-8(14)2-3-11(16)18/h2-5H,6H2,1H3,(H,15,17)(H,19,20). The Bertz CT molecular complexity index is 766. The van der Waals surface area contributed by atoms with Crippen LogP contribution in [0.15, 0.2) is 33.7 Å². The monoisotopic (exact) mass is 370 g/mol. The smallest absolute Gasteiger partial charge is 0.346 e. The highest BCUT2D eigenvalue weighted by atomic mass is 79.9.